The molecule has 0 aliphatic heterocycles. The molecule has 2 amide bonds. The van der Waals surface area contributed by atoms with E-state index in [-0.39, 0.29) is 17.7 Å². The molecule has 1 fully saturated rings. The third-order valence-corrected chi connectivity index (χ3v) is 4.87. The Morgan fingerprint density at radius 2 is 1.91 bits per heavy atom. The van der Waals surface area contributed by atoms with Gasteiger partial charge in [-0.05, 0) is 65.2 Å². The van der Waals surface area contributed by atoms with Gasteiger partial charge in [0.05, 0.1) is 10.0 Å². The summed E-state index contributed by atoms with van der Waals surface area (Å²) < 4.78 is 1.01. The van der Waals surface area contributed by atoms with Gasteiger partial charge < -0.3 is 5.32 Å². The molecule has 0 atom stereocenters. The molecule has 0 saturated heterocycles. The third-order valence-electron chi connectivity index (χ3n) is 3.31. The molecule has 0 unspecified atom stereocenters. The summed E-state index contributed by atoms with van der Waals surface area (Å²) in [7, 11) is 0. The minimum atomic E-state index is -0.294. The average Bonchev–Trinajstić information content (AvgIpc) is 3.31. The van der Waals surface area contributed by atoms with E-state index in [1.165, 1.54) is 11.3 Å². The number of carbonyl (C=O) groups is 2. The number of nitrogens with one attached hydrogen (secondary N) is 2. The van der Waals surface area contributed by atoms with Gasteiger partial charge in [0.2, 0.25) is 5.91 Å². The Balaban J connectivity index is 1.54. The van der Waals surface area contributed by atoms with Crippen molar-refractivity contribution in [1.82, 2.24) is 5.43 Å². The van der Waals surface area contributed by atoms with Crippen LogP contribution < -0.4 is 10.7 Å². The first-order valence-electron chi connectivity index (χ1n) is 7.11. The molecule has 3 rings (SSSR count). The molecule has 2 aromatic rings. The monoisotopic (exact) mass is 391 g/mol. The average molecular weight is 392 g/mol. The Labute approximate surface area is 145 Å². The number of hydrogen-bond acceptors (Lipinski definition) is 4. The molecule has 1 heterocycles. The van der Waals surface area contributed by atoms with E-state index in [0.29, 0.717) is 11.3 Å². The topological polar surface area (TPSA) is 70.6 Å². The second-order valence-electron chi connectivity index (χ2n) is 5.18. The molecule has 0 bridgehead atoms. The molecule has 5 nitrogen and oxygen atoms in total. The Morgan fingerprint density at radius 3 is 2.52 bits per heavy atom. The molecule has 1 saturated carbocycles. The molecule has 1 aliphatic carbocycles. The number of carbonyl (C=O) groups excluding carboxylic acids is 2. The normalized spacial score (nSPS) is 14.0. The van der Waals surface area contributed by atoms with Crippen molar-refractivity contribution in [2.45, 2.75) is 12.8 Å². The lowest BCUT2D eigenvalue weighted by Crippen LogP contribution is -2.18. The van der Waals surface area contributed by atoms with E-state index in [1.807, 2.05) is 12.1 Å². The Kier molecular flexibility index (Phi) is 4.88. The number of halogens is 1. The number of benzene rings is 1. The van der Waals surface area contributed by atoms with Crippen molar-refractivity contribution in [3.8, 4) is 0 Å². The van der Waals surface area contributed by atoms with E-state index in [9.17, 15) is 9.59 Å². The van der Waals surface area contributed by atoms with Crippen LogP contribution in [0.1, 0.15) is 28.1 Å². The largest absolute Gasteiger partial charge is 0.326 e. The van der Waals surface area contributed by atoms with E-state index in [0.717, 1.165) is 21.5 Å². The Morgan fingerprint density at radius 1 is 1.17 bits per heavy atom. The first-order chi connectivity index (χ1) is 11.1. The fraction of sp³-hybridized carbons (Fsp3) is 0.188. The van der Waals surface area contributed by atoms with Crippen molar-refractivity contribution >= 4 is 51.0 Å². The molecule has 2 N–H and O–H groups in total. The maximum atomic E-state index is 12.0. The number of amides is 2. The molecule has 118 valence electrons. The summed E-state index contributed by atoms with van der Waals surface area (Å²) in [5.41, 5.74) is 3.66. The van der Waals surface area contributed by atoms with Crippen LogP contribution in [0.3, 0.4) is 0 Å². The lowest BCUT2D eigenvalue weighted by Gasteiger charge is -2.05. The minimum Gasteiger partial charge on any atom is -0.326 e. The highest BCUT2D eigenvalue weighted by molar-refractivity contribution is 9.11. The maximum Gasteiger partial charge on any atom is 0.271 e. The highest BCUT2D eigenvalue weighted by Gasteiger charge is 2.29. The van der Waals surface area contributed by atoms with Gasteiger partial charge in [0.1, 0.15) is 0 Å². The van der Waals surface area contributed by atoms with E-state index >= 15 is 0 Å². The van der Waals surface area contributed by atoms with Crippen molar-refractivity contribution < 1.29 is 9.59 Å². The van der Waals surface area contributed by atoms with Crippen LogP contribution in [0.15, 0.2) is 45.3 Å². The zero-order valence-electron chi connectivity index (χ0n) is 12.1. The number of thiophene rings is 1. The zero-order valence-corrected chi connectivity index (χ0v) is 14.5. The first kappa shape index (κ1) is 15.9. The second-order valence-corrected chi connectivity index (χ2v) is 7.68. The number of hydrazone groups is 1. The van der Waals surface area contributed by atoms with Crippen molar-refractivity contribution in [2.75, 3.05) is 5.32 Å². The van der Waals surface area contributed by atoms with Gasteiger partial charge in [-0.1, -0.05) is 0 Å². The van der Waals surface area contributed by atoms with Crippen molar-refractivity contribution in [3.05, 3.63) is 50.6 Å². The van der Waals surface area contributed by atoms with Gasteiger partial charge in [0.25, 0.3) is 5.91 Å². The number of rotatable bonds is 5. The van der Waals surface area contributed by atoms with Gasteiger partial charge in [-0.15, -0.1) is 11.3 Å². The van der Waals surface area contributed by atoms with Gasteiger partial charge in [-0.3, -0.25) is 9.59 Å². The van der Waals surface area contributed by atoms with Crippen molar-refractivity contribution in [3.63, 3.8) is 0 Å². The van der Waals surface area contributed by atoms with E-state index in [2.05, 4.69) is 31.8 Å². The smallest absolute Gasteiger partial charge is 0.271 e. The fourth-order valence-electron chi connectivity index (χ4n) is 1.91. The molecule has 1 aliphatic rings. The Bertz CT molecular complexity index is 751. The zero-order chi connectivity index (χ0) is 16.2. The summed E-state index contributed by atoms with van der Waals surface area (Å²) in [6.45, 7) is 0. The lowest BCUT2D eigenvalue weighted by atomic mass is 10.2. The van der Waals surface area contributed by atoms with Gasteiger partial charge in [0, 0.05) is 22.0 Å². The van der Waals surface area contributed by atoms with Crippen LogP contribution in [-0.2, 0) is 4.79 Å². The van der Waals surface area contributed by atoms with Crippen molar-refractivity contribution in [1.29, 1.82) is 0 Å². The highest BCUT2D eigenvalue weighted by Crippen LogP contribution is 2.30. The molecule has 7 heteroatoms. The predicted octanol–water partition coefficient (Wildman–Crippen LogP) is 3.62. The summed E-state index contributed by atoms with van der Waals surface area (Å²) in [6.07, 6.45) is 3.52. The van der Waals surface area contributed by atoms with E-state index in [1.54, 1.807) is 30.5 Å². The van der Waals surface area contributed by atoms with Crippen LogP contribution in [0.25, 0.3) is 0 Å². The standard InChI is InChI=1S/C16H14BrN3O2S/c17-14-8-7-13(23-14)9-18-20-16(22)11-3-5-12(6-4-11)19-15(21)10-1-2-10/h3-10H,1-2H2,(H,19,21)(H,20,22). The van der Waals surface area contributed by atoms with E-state index in [4.69, 9.17) is 0 Å². The molecule has 1 aromatic carbocycles. The third kappa shape index (κ3) is 4.49. The number of anilines is 1. The fourth-order valence-corrected chi connectivity index (χ4v) is 3.21. The summed E-state index contributed by atoms with van der Waals surface area (Å²) in [5.74, 6) is -0.0875. The van der Waals surface area contributed by atoms with Crippen LogP contribution in [-0.4, -0.2) is 18.0 Å². The highest BCUT2D eigenvalue weighted by atomic mass is 79.9. The van der Waals surface area contributed by atoms with Gasteiger partial charge in [-0.25, -0.2) is 5.43 Å². The quantitative estimate of drug-likeness (QED) is 0.603. The maximum absolute atomic E-state index is 12.0. The summed E-state index contributed by atoms with van der Waals surface area (Å²) in [4.78, 5) is 24.6. The second kappa shape index (κ2) is 7.06. The first-order valence-corrected chi connectivity index (χ1v) is 8.72. The van der Waals surface area contributed by atoms with Crippen LogP contribution in [0.5, 0.6) is 0 Å². The summed E-state index contributed by atoms with van der Waals surface area (Å²) in [5, 5.41) is 6.76. The minimum absolute atomic E-state index is 0.0499. The van der Waals surface area contributed by atoms with Crippen LogP contribution in [0.4, 0.5) is 5.69 Å². The summed E-state index contributed by atoms with van der Waals surface area (Å²) in [6, 6.07) is 10.6. The van der Waals surface area contributed by atoms with Crippen LogP contribution in [0.2, 0.25) is 0 Å². The predicted molar refractivity (Wildman–Crippen MR) is 94.9 cm³/mol. The van der Waals surface area contributed by atoms with Crippen LogP contribution >= 0.6 is 27.3 Å². The molecular formula is C16H14BrN3O2S. The van der Waals surface area contributed by atoms with Gasteiger partial charge in [0.15, 0.2) is 0 Å². The number of nitrogens with zero attached hydrogens (tertiary/aromatic N) is 1. The van der Waals surface area contributed by atoms with Gasteiger partial charge in [-0.2, -0.15) is 5.10 Å². The van der Waals surface area contributed by atoms with Crippen molar-refractivity contribution in [2.24, 2.45) is 11.0 Å². The summed E-state index contributed by atoms with van der Waals surface area (Å²) >= 11 is 4.89. The molecule has 23 heavy (non-hydrogen) atoms. The lowest BCUT2D eigenvalue weighted by molar-refractivity contribution is -0.117. The molecule has 0 spiro atoms. The molecular weight excluding hydrogens is 378 g/mol. The number of hydrogen-bond donors (Lipinski definition) is 2. The van der Waals surface area contributed by atoms with E-state index < -0.39 is 0 Å². The van der Waals surface area contributed by atoms with Gasteiger partial charge >= 0.3 is 0 Å². The molecule has 0 radical (unpaired) electrons. The Hall–Kier alpha value is -1.99. The molecule has 1 aromatic heterocycles. The SMILES string of the molecule is O=C(NN=Cc1ccc(Br)s1)c1ccc(NC(=O)C2CC2)cc1. The van der Waals surface area contributed by atoms with Crippen LogP contribution in [0, 0.1) is 5.92 Å².